The van der Waals surface area contributed by atoms with E-state index in [1.165, 1.54) is 53.7 Å². The molecule has 2 N–H and O–H groups in total. The number of amides is 1. The number of hydrogen-bond acceptors (Lipinski definition) is 8. The third kappa shape index (κ3) is 9.88. The molecule has 288 valence electrons. The summed E-state index contributed by atoms with van der Waals surface area (Å²) in [6.07, 6.45) is 2.14. The van der Waals surface area contributed by atoms with Crippen molar-refractivity contribution in [3.05, 3.63) is 117 Å². The number of piperidine rings is 3. The number of rotatable bonds is 13. The number of fused-ring (bicyclic) bond motifs is 3. The Balaban J connectivity index is 0.00000561. The van der Waals surface area contributed by atoms with E-state index in [2.05, 4.69) is 19.4 Å². The van der Waals surface area contributed by atoms with Crippen LogP contribution in [0.15, 0.2) is 79.1 Å². The molecule has 17 heteroatoms. The van der Waals surface area contributed by atoms with E-state index < -0.39 is 48.7 Å². The van der Waals surface area contributed by atoms with Gasteiger partial charge in [0.1, 0.15) is 28.1 Å². The van der Waals surface area contributed by atoms with Crippen molar-refractivity contribution in [2.45, 2.75) is 51.2 Å². The second kappa shape index (κ2) is 18.1. The van der Waals surface area contributed by atoms with Gasteiger partial charge < -0.3 is 24.4 Å². The number of pyridine rings is 1. The van der Waals surface area contributed by atoms with Crippen LogP contribution in [0.5, 0.6) is 11.5 Å². The smallest absolute Gasteiger partial charge is 0.415 e. The monoisotopic (exact) mass is 797 g/mol. The second-order valence-electron chi connectivity index (χ2n) is 12.5. The normalized spacial score (nSPS) is 18.1. The fourth-order valence-electron chi connectivity index (χ4n) is 6.52. The molecule has 2 bridgehead atoms. The number of hydrogen-bond donors (Lipinski definition) is 0. The average molecular weight is 799 g/mol. The maximum Gasteiger partial charge on any atom is 0.415 e. The molecule has 54 heavy (non-hydrogen) atoms. The molecule has 3 aliphatic heterocycles. The van der Waals surface area contributed by atoms with Gasteiger partial charge in [0.2, 0.25) is 0 Å². The van der Waals surface area contributed by atoms with E-state index in [-0.39, 0.29) is 57.3 Å². The molecule has 4 aromatic rings. The molecule has 7 rings (SSSR count). The number of aromatic amines is 1. The first-order valence-corrected chi connectivity index (χ1v) is 17.3. The van der Waals surface area contributed by atoms with Gasteiger partial charge in [-0.05, 0) is 79.4 Å². The topological polar surface area (TPSA) is 122 Å². The molecule has 0 saturated carbocycles. The molecule has 3 aliphatic rings. The van der Waals surface area contributed by atoms with Gasteiger partial charge in [0.05, 0.1) is 17.8 Å². The van der Waals surface area contributed by atoms with Crippen molar-refractivity contribution in [1.82, 2.24) is 4.90 Å². The van der Waals surface area contributed by atoms with Gasteiger partial charge in [-0.1, -0.05) is 53.5 Å². The standard InChI is InChI=1S/C37H32Cl2F5N3O6.H2O/c38-26-17-45-18-27(39)25(26)16-31(23-8-9-30(51-35(41)42)32(15-23)52-36(43)44)50-34(48)24-5-3-4-21(14-24)19-47(29-7-2-1-6-28(29)40)37(49)53-33-20-46-12-10-22(33)11-13-46;/h1-9,14-15,17-18,22,31,33,35-36H,10-13,16,19-20H2;1H2/t31-,33+;/m1./s1. The number of benzene rings is 3. The Kier molecular flexibility index (Phi) is 13.6. The van der Waals surface area contributed by atoms with Crippen LogP contribution in [0.2, 0.25) is 10.0 Å². The van der Waals surface area contributed by atoms with Gasteiger partial charge in [-0.25, -0.2) is 19.0 Å². The van der Waals surface area contributed by atoms with Crippen molar-refractivity contribution < 1.29 is 60.9 Å². The number of nitrogens with one attached hydrogen (secondary N) is 1. The highest BCUT2D eigenvalue weighted by atomic mass is 35.5. The third-order valence-corrected chi connectivity index (χ3v) is 9.80. The fourth-order valence-corrected chi connectivity index (χ4v) is 7.06. The van der Waals surface area contributed by atoms with Crippen LogP contribution >= 0.6 is 23.2 Å². The summed E-state index contributed by atoms with van der Waals surface area (Å²) >= 11 is 12.8. The van der Waals surface area contributed by atoms with Crippen molar-refractivity contribution >= 4 is 41.0 Å². The molecule has 10 nitrogen and oxygen atoms in total. The molecule has 1 aromatic heterocycles. The molecule has 0 spiro atoms. The van der Waals surface area contributed by atoms with Crippen LogP contribution in [-0.2, 0) is 22.4 Å². The maximum atomic E-state index is 15.1. The first-order chi connectivity index (χ1) is 25.4. The lowest BCUT2D eigenvalue weighted by Crippen LogP contribution is -2.53. The number of carbonyl (C=O) groups is 2. The Hall–Kier alpha value is -4.70. The number of carbonyl (C=O) groups excluding carboxylic acids is 2. The van der Waals surface area contributed by atoms with Crippen LogP contribution in [0.3, 0.4) is 0 Å². The molecule has 0 unspecified atom stereocenters. The summed E-state index contributed by atoms with van der Waals surface area (Å²) in [7, 11) is 0. The van der Waals surface area contributed by atoms with Gasteiger partial charge >= 0.3 is 25.3 Å². The van der Waals surface area contributed by atoms with Crippen LogP contribution in [0, 0.1) is 11.7 Å². The first kappa shape index (κ1) is 40.5. The van der Waals surface area contributed by atoms with Gasteiger partial charge in [0.25, 0.3) is 0 Å². The summed E-state index contributed by atoms with van der Waals surface area (Å²) < 4.78 is 88.3. The summed E-state index contributed by atoms with van der Waals surface area (Å²) in [6.45, 7) is -4.42. The zero-order chi connectivity index (χ0) is 37.6. The quantitative estimate of drug-likeness (QED) is 0.0978. The van der Waals surface area contributed by atoms with Crippen LogP contribution in [0.25, 0.3) is 0 Å². The Morgan fingerprint density at radius 1 is 0.889 bits per heavy atom. The number of esters is 1. The molecule has 2 atom stereocenters. The summed E-state index contributed by atoms with van der Waals surface area (Å²) in [5.74, 6) is -2.71. The Morgan fingerprint density at radius 2 is 1.57 bits per heavy atom. The van der Waals surface area contributed by atoms with E-state index in [4.69, 9.17) is 32.7 Å². The minimum atomic E-state index is -3.39. The summed E-state index contributed by atoms with van der Waals surface area (Å²) in [5, 5.41) is 0.334. The number of H-pyrrole nitrogens is 1. The molecular formula is C37H34Cl2F5N3O7. The van der Waals surface area contributed by atoms with Crippen molar-refractivity contribution in [2.75, 3.05) is 24.5 Å². The lowest BCUT2D eigenvalue weighted by molar-refractivity contribution is -0.377. The van der Waals surface area contributed by atoms with Crippen LogP contribution in [-0.4, -0.2) is 61.4 Å². The van der Waals surface area contributed by atoms with E-state index >= 15 is 4.39 Å². The highest BCUT2D eigenvalue weighted by Crippen LogP contribution is 2.37. The maximum absolute atomic E-state index is 15.1. The van der Waals surface area contributed by atoms with Crippen LogP contribution in [0.1, 0.15) is 46.0 Å². The first-order valence-electron chi connectivity index (χ1n) is 16.6. The molecule has 0 aliphatic carbocycles. The number of aromatic nitrogens is 1. The Labute approximate surface area is 316 Å². The summed E-state index contributed by atoms with van der Waals surface area (Å²) in [5.41, 5.74) is 0.822. The van der Waals surface area contributed by atoms with Crippen LogP contribution < -0.4 is 19.4 Å². The van der Waals surface area contributed by atoms with Gasteiger partial charge in [0, 0.05) is 18.5 Å². The molecule has 4 heterocycles. The number of anilines is 1. The number of halogens is 7. The van der Waals surface area contributed by atoms with Crippen molar-refractivity contribution in [2.24, 2.45) is 5.92 Å². The average Bonchev–Trinajstić information content (AvgIpc) is 3.13. The van der Waals surface area contributed by atoms with Crippen molar-refractivity contribution in [1.29, 1.82) is 0 Å². The highest BCUT2D eigenvalue weighted by molar-refractivity contribution is 6.35. The molecular weight excluding hydrogens is 764 g/mol. The predicted octanol–water partition coefficient (Wildman–Crippen LogP) is 8.35. The zero-order valence-electron chi connectivity index (χ0n) is 28.3. The number of para-hydroxylation sites is 1. The summed E-state index contributed by atoms with van der Waals surface area (Å²) in [6, 6.07) is 15.1. The molecule has 3 fully saturated rings. The van der Waals surface area contributed by atoms with E-state index in [0.717, 1.165) is 38.1 Å². The van der Waals surface area contributed by atoms with Gasteiger partial charge in [0.15, 0.2) is 23.9 Å². The molecule has 3 saturated heterocycles. The minimum Gasteiger partial charge on any atom is -0.870 e. The van der Waals surface area contributed by atoms with Gasteiger partial charge in [-0.15, -0.1) is 0 Å². The summed E-state index contributed by atoms with van der Waals surface area (Å²) in [4.78, 5) is 33.6. The van der Waals surface area contributed by atoms with E-state index in [1.54, 1.807) is 18.2 Å². The van der Waals surface area contributed by atoms with E-state index in [9.17, 15) is 27.2 Å². The van der Waals surface area contributed by atoms with Gasteiger partial charge in [-0.3, -0.25) is 9.80 Å². The predicted molar refractivity (Wildman–Crippen MR) is 185 cm³/mol. The third-order valence-electron chi connectivity index (χ3n) is 9.12. The molecule has 3 aromatic carbocycles. The largest absolute Gasteiger partial charge is 0.870 e. The Morgan fingerprint density at radius 3 is 2.22 bits per heavy atom. The molecule has 0 radical (unpaired) electrons. The molecule has 1 amide bonds. The van der Waals surface area contributed by atoms with E-state index in [1.807, 2.05) is 0 Å². The Bertz CT molecular complexity index is 1920. The lowest BCUT2D eigenvalue weighted by Gasteiger charge is -2.44. The van der Waals surface area contributed by atoms with Crippen LogP contribution in [0.4, 0.5) is 32.4 Å². The van der Waals surface area contributed by atoms with Crippen molar-refractivity contribution in [3.63, 3.8) is 0 Å². The number of nitrogens with zero attached hydrogens (tertiary/aromatic N) is 2. The zero-order valence-corrected chi connectivity index (χ0v) is 29.8. The minimum absolute atomic E-state index is 0. The van der Waals surface area contributed by atoms with E-state index in [0.29, 0.717) is 17.7 Å². The lowest BCUT2D eigenvalue weighted by atomic mass is 9.86. The fraction of sp³-hybridized carbons (Fsp3) is 0.324. The number of ether oxygens (including phenoxy) is 4. The second-order valence-corrected chi connectivity index (χ2v) is 13.3. The highest BCUT2D eigenvalue weighted by Gasteiger charge is 2.38. The SMILES string of the molecule is O=C(O[C@H](Cc1c(Cl)c[nH+]cc1Cl)c1ccc(OC(F)F)c(OC(F)F)c1)c1cccc(CN(C(=O)O[C@H]2CN3CCC2CC3)c2ccccc2F)c1.[OH-]. The van der Waals surface area contributed by atoms with Gasteiger partial charge in [-0.2, -0.15) is 17.6 Å². The van der Waals surface area contributed by atoms with Crippen molar-refractivity contribution in [3.8, 4) is 11.5 Å². The number of alkyl halides is 4.